The van der Waals surface area contributed by atoms with Gasteiger partial charge >= 0.3 is 0 Å². The summed E-state index contributed by atoms with van der Waals surface area (Å²) in [5, 5.41) is 3.45. The van der Waals surface area contributed by atoms with Crippen LogP contribution in [0, 0.1) is 5.92 Å². The van der Waals surface area contributed by atoms with E-state index in [1.807, 2.05) is 0 Å². The fraction of sp³-hybridized carbons (Fsp3) is 0.923. The second-order valence-electron chi connectivity index (χ2n) is 5.88. The molecule has 3 aliphatic rings. The van der Waals surface area contributed by atoms with E-state index in [4.69, 9.17) is 0 Å². The maximum absolute atomic E-state index is 12.1. The quantitative estimate of drug-likeness (QED) is 0.765. The predicted molar refractivity (Wildman–Crippen MR) is 66.5 cm³/mol. The van der Waals surface area contributed by atoms with Crippen molar-refractivity contribution < 1.29 is 4.79 Å². The average Bonchev–Trinajstić information content (AvgIpc) is 2.97. The van der Waals surface area contributed by atoms with Crippen molar-refractivity contribution in [2.75, 3.05) is 26.7 Å². The second-order valence-corrected chi connectivity index (χ2v) is 5.88. The van der Waals surface area contributed by atoms with Gasteiger partial charge in [-0.1, -0.05) is 12.8 Å². The van der Waals surface area contributed by atoms with Crippen LogP contribution in [0.2, 0.25) is 0 Å². The SMILES string of the molecule is CN1CCC(N2C(=O)CNC2C2CCCC2)C1. The molecule has 2 heterocycles. The Morgan fingerprint density at radius 2 is 2.00 bits per heavy atom. The fourth-order valence-corrected chi connectivity index (χ4v) is 3.77. The molecule has 0 bridgehead atoms. The van der Waals surface area contributed by atoms with Crippen LogP contribution < -0.4 is 5.32 Å². The molecule has 1 saturated carbocycles. The molecule has 4 nitrogen and oxygen atoms in total. The molecular formula is C13H23N3O. The third-order valence-corrected chi connectivity index (χ3v) is 4.66. The smallest absolute Gasteiger partial charge is 0.238 e. The van der Waals surface area contributed by atoms with Crippen LogP contribution in [0.5, 0.6) is 0 Å². The van der Waals surface area contributed by atoms with Gasteiger partial charge in [-0.2, -0.15) is 0 Å². The van der Waals surface area contributed by atoms with Crippen molar-refractivity contribution in [2.24, 2.45) is 5.92 Å². The summed E-state index contributed by atoms with van der Waals surface area (Å²) < 4.78 is 0. The zero-order chi connectivity index (χ0) is 11.8. The Morgan fingerprint density at radius 3 is 2.65 bits per heavy atom. The summed E-state index contributed by atoms with van der Waals surface area (Å²) in [5.41, 5.74) is 0. The van der Waals surface area contributed by atoms with Crippen molar-refractivity contribution in [3.8, 4) is 0 Å². The summed E-state index contributed by atoms with van der Waals surface area (Å²) in [6.45, 7) is 2.74. The van der Waals surface area contributed by atoms with Crippen molar-refractivity contribution >= 4 is 5.91 Å². The number of likely N-dealkylation sites (N-methyl/N-ethyl adjacent to an activating group) is 1. The molecule has 96 valence electrons. The topological polar surface area (TPSA) is 35.6 Å². The van der Waals surface area contributed by atoms with Gasteiger partial charge < -0.3 is 9.80 Å². The first-order valence-electron chi connectivity index (χ1n) is 6.99. The monoisotopic (exact) mass is 237 g/mol. The highest BCUT2D eigenvalue weighted by Crippen LogP contribution is 2.33. The predicted octanol–water partition coefficient (Wildman–Crippen LogP) is 0.639. The molecule has 2 saturated heterocycles. The van der Waals surface area contributed by atoms with Crippen LogP contribution in [0.4, 0.5) is 0 Å². The number of carbonyl (C=O) groups is 1. The van der Waals surface area contributed by atoms with Crippen LogP contribution in [0.1, 0.15) is 32.1 Å². The Labute approximate surface area is 103 Å². The van der Waals surface area contributed by atoms with Crippen LogP contribution in [-0.2, 0) is 4.79 Å². The molecule has 2 unspecified atom stereocenters. The van der Waals surface area contributed by atoms with Gasteiger partial charge in [-0.25, -0.2) is 0 Å². The molecule has 1 N–H and O–H groups in total. The summed E-state index contributed by atoms with van der Waals surface area (Å²) in [6.07, 6.45) is 6.76. The zero-order valence-corrected chi connectivity index (χ0v) is 10.7. The Hall–Kier alpha value is -0.610. The number of nitrogens with one attached hydrogen (secondary N) is 1. The minimum absolute atomic E-state index is 0.321. The largest absolute Gasteiger partial charge is 0.321 e. The molecule has 1 aliphatic carbocycles. The van der Waals surface area contributed by atoms with Gasteiger partial charge in [-0.05, 0) is 38.8 Å². The molecule has 2 atom stereocenters. The molecule has 0 aromatic rings. The maximum Gasteiger partial charge on any atom is 0.238 e. The van der Waals surface area contributed by atoms with E-state index in [1.165, 1.54) is 25.7 Å². The number of hydrogen-bond donors (Lipinski definition) is 1. The Kier molecular flexibility index (Phi) is 3.09. The summed E-state index contributed by atoms with van der Waals surface area (Å²) in [7, 11) is 2.15. The molecule has 1 amide bonds. The maximum atomic E-state index is 12.1. The average molecular weight is 237 g/mol. The van der Waals surface area contributed by atoms with E-state index in [-0.39, 0.29) is 0 Å². The van der Waals surface area contributed by atoms with E-state index in [9.17, 15) is 4.79 Å². The Morgan fingerprint density at radius 1 is 1.24 bits per heavy atom. The fourth-order valence-electron chi connectivity index (χ4n) is 3.77. The minimum Gasteiger partial charge on any atom is -0.321 e. The van der Waals surface area contributed by atoms with Gasteiger partial charge in [0.2, 0.25) is 5.91 Å². The van der Waals surface area contributed by atoms with Gasteiger partial charge in [0, 0.05) is 12.6 Å². The summed E-state index contributed by atoms with van der Waals surface area (Å²) in [4.78, 5) is 16.6. The molecule has 0 aromatic carbocycles. The third kappa shape index (κ3) is 2.08. The number of carbonyl (C=O) groups excluding carboxylic acids is 1. The number of rotatable bonds is 2. The highest BCUT2D eigenvalue weighted by Gasteiger charge is 2.42. The highest BCUT2D eigenvalue weighted by atomic mass is 16.2. The first-order chi connectivity index (χ1) is 8.25. The molecule has 0 spiro atoms. The molecule has 4 heteroatoms. The summed E-state index contributed by atoms with van der Waals surface area (Å²) >= 11 is 0. The van der Waals surface area contributed by atoms with Gasteiger partial charge in [-0.15, -0.1) is 0 Å². The van der Waals surface area contributed by atoms with Gasteiger partial charge in [0.05, 0.1) is 12.7 Å². The Bertz CT molecular complexity index is 301. The van der Waals surface area contributed by atoms with E-state index in [0.29, 0.717) is 30.6 Å². The number of hydrogen-bond acceptors (Lipinski definition) is 3. The number of likely N-dealkylation sites (tertiary alicyclic amines) is 1. The van der Waals surface area contributed by atoms with Gasteiger partial charge in [0.1, 0.15) is 0 Å². The summed E-state index contributed by atoms with van der Waals surface area (Å²) in [6, 6.07) is 0.452. The lowest BCUT2D eigenvalue weighted by molar-refractivity contribution is -0.130. The van der Waals surface area contributed by atoms with E-state index >= 15 is 0 Å². The van der Waals surface area contributed by atoms with Crippen LogP contribution in [0.25, 0.3) is 0 Å². The van der Waals surface area contributed by atoms with E-state index in [1.54, 1.807) is 0 Å². The lowest BCUT2D eigenvalue weighted by Gasteiger charge is -2.33. The highest BCUT2D eigenvalue weighted by molar-refractivity contribution is 5.81. The second kappa shape index (κ2) is 4.58. The van der Waals surface area contributed by atoms with E-state index < -0.39 is 0 Å². The first-order valence-corrected chi connectivity index (χ1v) is 6.99. The normalized spacial score (nSPS) is 36.3. The van der Waals surface area contributed by atoms with E-state index in [0.717, 1.165) is 19.5 Å². The van der Waals surface area contributed by atoms with Crippen molar-refractivity contribution in [3.63, 3.8) is 0 Å². The molecule has 3 rings (SSSR count). The summed E-state index contributed by atoms with van der Waals surface area (Å²) in [5.74, 6) is 1.02. The lowest BCUT2D eigenvalue weighted by atomic mass is 10.0. The molecule has 0 radical (unpaired) electrons. The molecular weight excluding hydrogens is 214 g/mol. The lowest BCUT2D eigenvalue weighted by Crippen LogP contribution is -2.48. The van der Waals surface area contributed by atoms with Gasteiger partial charge in [-0.3, -0.25) is 10.1 Å². The van der Waals surface area contributed by atoms with Crippen molar-refractivity contribution in [2.45, 2.75) is 44.3 Å². The Balaban J connectivity index is 1.72. The van der Waals surface area contributed by atoms with Crippen LogP contribution in [0.3, 0.4) is 0 Å². The van der Waals surface area contributed by atoms with Crippen molar-refractivity contribution in [3.05, 3.63) is 0 Å². The van der Waals surface area contributed by atoms with Crippen molar-refractivity contribution in [1.82, 2.24) is 15.1 Å². The van der Waals surface area contributed by atoms with Crippen LogP contribution in [-0.4, -0.2) is 54.6 Å². The van der Waals surface area contributed by atoms with E-state index in [2.05, 4.69) is 22.2 Å². The molecule has 3 fully saturated rings. The van der Waals surface area contributed by atoms with Crippen LogP contribution >= 0.6 is 0 Å². The van der Waals surface area contributed by atoms with Crippen LogP contribution in [0.15, 0.2) is 0 Å². The van der Waals surface area contributed by atoms with Gasteiger partial charge in [0.25, 0.3) is 0 Å². The van der Waals surface area contributed by atoms with Gasteiger partial charge in [0.15, 0.2) is 0 Å². The number of amides is 1. The minimum atomic E-state index is 0.321. The standard InChI is InChI=1S/C13H23N3O/c1-15-7-6-11(9-15)16-12(17)8-14-13(16)10-4-2-3-5-10/h10-11,13-14H,2-9H2,1H3. The number of nitrogens with zero attached hydrogens (tertiary/aromatic N) is 2. The zero-order valence-electron chi connectivity index (χ0n) is 10.7. The van der Waals surface area contributed by atoms with Crippen molar-refractivity contribution in [1.29, 1.82) is 0 Å². The third-order valence-electron chi connectivity index (χ3n) is 4.66. The molecule has 0 aromatic heterocycles. The first kappa shape index (κ1) is 11.5. The molecule has 2 aliphatic heterocycles. The molecule has 17 heavy (non-hydrogen) atoms.